The number of amides is 1. The van der Waals surface area contributed by atoms with Crippen LogP contribution >= 0.6 is 12.4 Å². The fraction of sp³-hybridized carbons (Fsp3) is 0.588. The van der Waals surface area contributed by atoms with Gasteiger partial charge in [0.1, 0.15) is 5.82 Å². The van der Waals surface area contributed by atoms with Crippen LogP contribution in [0.3, 0.4) is 0 Å². The second kappa shape index (κ2) is 7.93. The van der Waals surface area contributed by atoms with Gasteiger partial charge >= 0.3 is 0 Å². The van der Waals surface area contributed by atoms with Crippen LogP contribution in [0.25, 0.3) is 0 Å². The molecule has 1 saturated heterocycles. The topological polar surface area (TPSA) is 32.3 Å². The van der Waals surface area contributed by atoms with Crippen molar-refractivity contribution in [3.8, 4) is 0 Å². The van der Waals surface area contributed by atoms with Crippen molar-refractivity contribution >= 4 is 18.3 Å². The van der Waals surface area contributed by atoms with E-state index in [0.717, 1.165) is 38.0 Å². The summed E-state index contributed by atoms with van der Waals surface area (Å²) in [7, 11) is 1.97. The molecule has 3 nitrogen and oxygen atoms in total. The van der Waals surface area contributed by atoms with Crippen LogP contribution in [0.2, 0.25) is 0 Å². The third kappa shape index (κ3) is 4.20. The van der Waals surface area contributed by atoms with Crippen LogP contribution in [0.15, 0.2) is 24.3 Å². The van der Waals surface area contributed by atoms with E-state index in [-0.39, 0.29) is 24.1 Å². The van der Waals surface area contributed by atoms with Gasteiger partial charge in [-0.2, -0.15) is 0 Å². The average molecular weight is 329 g/mol. The first-order chi connectivity index (χ1) is 9.95. The number of nitrogens with zero attached hydrogens (tertiary/aromatic N) is 1. The average Bonchev–Trinajstić information content (AvgIpc) is 2.48. The van der Waals surface area contributed by atoms with Gasteiger partial charge in [-0.1, -0.05) is 12.1 Å². The van der Waals surface area contributed by atoms with Crippen LogP contribution in [0.1, 0.15) is 32.3 Å². The van der Waals surface area contributed by atoms with Crippen molar-refractivity contribution in [1.82, 2.24) is 10.2 Å². The van der Waals surface area contributed by atoms with Crippen molar-refractivity contribution in [3.05, 3.63) is 35.6 Å². The standard InChI is InChI=1S/C17H25FN2O.ClH/c1-17(2,14-4-6-15(18)7-5-14)16(21)20-10-8-13(9-11-20)12-19-3;/h4-7,13,19H,8-12H2,1-3H3;1H. The Labute approximate surface area is 138 Å². The minimum absolute atomic E-state index is 0. The first-order valence-corrected chi connectivity index (χ1v) is 7.65. The SMILES string of the molecule is CNCC1CCN(C(=O)C(C)(C)c2ccc(F)cc2)CC1.Cl. The number of halogens is 2. The highest BCUT2D eigenvalue weighted by Crippen LogP contribution is 2.28. The second-order valence-electron chi connectivity index (χ2n) is 6.43. The fourth-order valence-electron chi connectivity index (χ4n) is 3.01. The maximum atomic E-state index is 13.0. The van der Waals surface area contributed by atoms with E-state index >= 15 is 0 Å². The van der Waals surface area contributed by atoms with E-state index in [9.17, 15) is 9.18 Å². The summed E-state index contributed by atoms with van der Waals surface area (Å²) in [4.78, 5) is 14.7. The zero-order valence-electron chi connectivity index (χ0n) is 13.6. The highest BCUT2D eigenvalue weighted by molar-refractivity contribution is 5.87. The zero-order valence-corrected chi connectivity index (χ0v) is 14.4. The molecule has 1 aliphatic heterocycles. The van der Waals surface area contributed by atoms with Crippen LogP contribution in [0, 0.1) is 11.7 Å². The molecule has 22 heavy (non-hydrogen) atoms. The van der Waals surface area contributed by atoms with Gasteiger partial charge in [0.05, 0.1) is 5.41 Å². The Kier molecular flexibility index (Phi) is 6.82. The van der Waals surface area contributed by atoms with E-state index in [4.69, 9.17) is 0 Å². The van der Waals surface area contributed by atoms with Gasteiger partial charge in [0.25, 0.3) is 0 Å². The molecule has 0 spiro atoms. The first kappa shape index (κ1) is 18.9. The molecule has 124 valence electrons. The molecule has 1 aromatic rings. The van der Waals surface area contributed by atoms with Crippen LogP contribution in [0.4, 0.5) is 4.39 Å². The third-order valence-electron chi connectivity index (χ3n) is 4.50. The lowest BCUT2D eigenvalue weighted by Crippen LogP contribution is -2.47. The molecule has 0 aromatic heterocycles. The lowest BCUT2D eigenvalue weighted by Gasteiger charge is -2.37. The Morgan fingerprint density at radius 3 is 2.32 bits per heavy atom. The molecule has 1 fully saturated rings. The molecular formula is C17H26ClFN2O. The number of nitrogens with one attached hydrogen (secondary N) is 1. The van der Waals surface area contributed by atoms with Crippen LogP contribution in [0.5, 0.6) is 0 Å². The van der Waals surface area contributed by atoms with Crippen molar-refractivity contribution in [2.24, 2.45) is 5.92 Å². The van der Waals surface area contributed by atoms with Gasteiger partial charge < -0.3 is 10.2 Å². The molecule has 1 N–H and O–H groups in total. The molecule has 2 rings (SSSR count). The second-order valence-corrected chi connectivity index (χ2v) is 6.43. The van der Waals surface area contributed by atoms with Gasteiger partial charge in [-0.05, 0) is 63.9 Å². The van der Waals surface area contributed by atoms with Crippen molar-refractivity contribution in [3.63, 3.8) is 0 Å². The Bertz CT molecular complexity index is 482. The van der Waals surface area contributed by atoms with Gasteiger partial charge in [0.15, 0.2) is 0 Å². The first-order valence-electron chi connectivity index (χ1n) is 7.65. The zero-order chi connectivity index (χ0) is 15.5. The van der Waals surface area contributed by atoms with Crippen LogP contribution < -0.4 is 5.32 Å². The molecular weight excluding hydrogens is 303 g/mol. The van der Waals surface area contributed by atoms with Gasteiger partial charge in [0.2, 0.25) is 5.91 Å². The normalized spacial score (nSPS) is 16.3. The van der Waals surface area contributed by atoms with Crippen molar-refractivity contribution in [2.75, 3.05) is 26.7 Å². The monoisotopic (exact) mass is 328 g/mol. The predicted octanol–water partition coefficient (Wildman–Crippen LogP) is 2.98. The molecule has 0 atom stereocenters. The summed E-state index contributed by atoms with van der Waals surface area (Å²) in [5.41, 5.74) is 0.259. The minimum Gasteiger partial charge on any atom is -0.342 e. The van der Waals surface area contributed by atoms with Crippen LogP contribution in [-0.4, -0.2) is 37.5 Å². The molecule has 1 heterocycles. The number of piperidine rings is 1. The highest BCUT2D eigenvalue weighted by atomic mass is 35.5. The summed E-state index contributed by atoms with van der Waals surface area (Å²) >= 11 is 0. The molecule has 1 aliphatic rings. The molecule has 0 saturated carbocycles. The molecule has 1 amide bonds. The summed E-state index contributed by atoms with van der Waals surface area (Å²) in [5, 5.41) is 3.20. The highest BCUT2D eigenvalue weighted by Gasteiger charge is 2.35. The summed E-state index contributed by atoms with van der Waals surface area (Å²) in [6.45, 7) is 6.49. The van der Waals surface area contributed by atoms with Crippen molar-refractivity contribution in [1.29, 1.82) is 0 Å². The third-order valence-corrected chi connectivity index (χ3v) is 4.50. The molecule has 1 aromatic carbocycles. The van der Waals surface area contributed by atoms with E-state index in [1.807, 2.05) is 25.8 Å². The van der Waals surface area contributed by atoms with Crippen molar-refractivity contribution < 1.29 is 9.18 Å². The minimum atomic E-state index is -0.608. The summed E-state index contributed by atoms with van der Waals surface area (Å²) in [6.07, 6.45) is 2.10. The van der Waals surface area contributed by atoms with E-state index in [0.29, 0.717) is 5.92 Å². The number of likely N-dealkylation sites (tertiary alicyclic amines) is 1. The Balaban J connectivity index is 0.00000242. The lowest BCUT2D eigenvalue weighted by molar-refractivity contribution is -0.137. The van der Waals surface area contributed by atoms with E-state index < -0.39 is 5.41 Å². The molecule has 0 bridgehead atoms. The van der Waals surface area contributed by atoms with Gasteiger partial charge in [0, 0.05) is 13.1 Å². The Morgan fingerprint density at radius 1 is 1.27 bits per heavy atom. The molecule has 0 unspecified atom stereocenters. The van der Waals surface area contributed by atoms with Gasteiger partial charge in [-0.3, -0.25) is 4.79 Å². The fourth-order valence-corrected chi connectivity index (χ4v) is 3.01. The quantitative estimate of drug-likeness (QED) is 0.921. The molecule has 5 heteroatoms. The smallest absolute Gasteiger partial charge is 0.232 e. The van der Waals surface area contributed by atoms with E-state index in [1.54, 1.807) is 12.1 Å². The van der Waals surface area contributed by atoms with Crippen LogP contribution in [-0.2, 0) is 10.2 Å². The van der Waals surface area contributed by atoms with Gasteiger partial charge in [-0.25, -0.2) is 4.39 Å². The summed E-state index contributed by atoms with van der Waals surface area (Å²) < 4.78 is 13.0. The number of carbonyl (C=O) groups is 1. The number of hydrogen-bond donors (Lipinski definition) is 1. The van der Waals surface area contributed by atoms with Gasteiger partial charge in [-0.15, -0.1) is 12.4 Å². The van der Waals surface area contributed by atoms with Crippen molar-refractivity contribution in [2.45, 2.75) is 32.1 Å². The molecule has 0 radical (unpaired) electrons. The lowest BCUT2D eigenvalue weighted by atomic mass is 9.82. The van der Waals surface area contributed by atoms with E-state index in [2.05, 4.69) is 5.32 Å². The maximum absolute atomic E-state index is 13.0. The van der Waals surface area contributed by atoms with E-state index in [1.165, 1.54) is 12.1 Å². The largest absolute Gasteiger partial charge is 0.342 e. The Hall–Kier alpha value is -1.13. The maximum Gasteiger partial charge on any atom is 0.232 e. The molecule has 0 aliphatic carbocycles. The summed E-state index contributed by atoms with van der Waals surface area (Å²) in [6, 6.07) is 6.26. The number of rotatable bonds is 4. The number of carbonyl (C=O) groups excluding carboxylic acids is 1. The number of hydrogen-bond acceptors (Lipinski definition) is 2. The Morgan fingerprint density at radius 2 is 1.82 bits per heavy atom. The predicted molar refractivity (Wildman–Crippen MR) is 89.9 cm³/mol. The summed E-state index contributed by atoms with van der Waals surface area (Å²) in [5.74, 6) is 0.528. The number of benzene rings is 1.